The van der Waals surface area contributed by atoms with Crippen molar-refractivity contribution in [3.63, 3.8) is 0 Å². The molecule has 2 heterocycles. The molecular weight excluding hydrogens is 236 g/mol. The molecule has 3 nitrogen and oxygen atoms in total. The summed E-state index contributed by atoms with van der Waals surface area (Å²) in [6.07, 6.45) is 8.21. The summed E-state index contributed by atoms with van der Waals surface area (Å²) in [4.78, 5) is 2.65. The fraction of sp³-hybridized carbons (Fsp3) is 0.750. The van der Waals surface area contributed by atoms with E-state index in [0.717, 1.165) is 24.1 Å². The summed E-state index contributed by atoms with van der Waals surface area (Å²) in [5, 5.41) is 3.67. The van der Waals surface area contributed by atoms with Gasteiger partial charge in [-0.2, -0.15) is 0 Å². The SMILES string of the molecule is CC(CCc1ccco1)N1CCC(CNC2CC2)C1. The summed E-state index contributed by atoms with van der Waals surface area (Å²) >= 11 is 0. The second-order valence-corrected chi connectivity index (χ2v) is 6.30. The quantitative estimate of drug-likeness (QED) is 0.819. The van der Waals surface area contributed by atoms with Crippen molar-refractivity contribution in [1.29, 1.82) is 0 Å². The van der Waals surface area contributed by atoms with Crippen molar-refractivity contribution in [2.75, 3.05) is 19.6 Å². The first-order valence-corrected chi connectivity index (χ1v) is 7.81. The average molecular weight is 262 g/mol. The normalized spacial score (nSPS) is 25.8. The molecule has 106 valence electrons. The van der Waals surface area contributed by atoms with E-state index in [-0.39, 0.29) is 0 Å². The molecular formula is C16H26N2O. The van der Waals surface area contributed by atoms with Crippen LogP contribution >= 0.6 is 0 Å². The Hall–Kier alpha value is -0.800. The van der Waals surface area contributed by atoms with Crippen LogP contribution in [0.25, 0.3) is 0 Å². The van der Waals surface area contributed by atoms with Crippen molar-refractivity contribution < 1.29 is 4.42 Å². The number of furan rings is 1. The molecule has 0 radical (unpaired) electrons. The second-order valence-electron chi connectivity index (χ2n) is 6.30. The maximum Gasteiger partial charge on any atom is 0.103 e. The van der Waals surface area contributed by atoms with Crippen LogP contribution in [-0.2, 0) is 6.42 Å². The Labute approximate surface area is 116 Å². The van der Waals surface area contributed by atoms with E-state index in [4.69, 9.17) is 4.42 Å². The zero-order valence-corrected chi connectivity index (χ0v) is 12.0. The van der Waals surface area contributed by atoms with Gasteiger partial charge in [0.2, 0.25) is 0 Å². The van der Waals surface area contributed by atoms with Crippen molar-refractivity contribution in [2.24, 2.45) is 5.92 Å². The van der Waals surface area contributed by atoms with Crippen molar-refractivity contribution in [1.82, 2.24) is 10.2 Å². The van der Waals surface area contributed by atoms with Gasteiger partial charge in [0.05, 0.1) is 6.26 Å². The molecule has 3 rings (SSSR count). The minimum atomic E-state index is 0.677. The first-order valence-electron chi connectivity index (χ1n) is 7.81. The zero-order valence-electron chi connectivity index (χ0n) is 12.0. The number of nitrogens with one attached hydrogen (secondary N) is 1. The molecule has 2 fully saturated rings. The fourth-order valence-electron chi connectivity index (χ4n) is 3.04. The van der Waals surface area contributed by atoms with Crippen LogP contribution in [0.2, 0.25) is 0 Å². The second kappa shape index (κ2) is 6.10. The molecule has 1 aliphatic carbocycles. The van der Waals surface area contributed by atoms with Gasteiger partial charge >= 0.3 is 0 Å². The van der Waals surface area contributed by atoms with Crippen LogP contribution in [0.4, 0.5) is 0 Å². The average Bonchev–Trinajstić information content (AvgIpc) is 2.94. The highest BCUT2D eigenvalue weighted by atomic mass is 16.3. The van der Waals surface area contributed by atoms with E-state index < -0.39 is 0 Å². The molecule has 1 saturated carbocycles. The van der Waals surface area contributed by atoms with Crippen molar-refractivity contribution >= 4 is 0 Å². The highest BCUT2D eigenvalue weighted by Crippen LogP contribution is 2.23. The van der Waals surface area contributed by atoms with E-state index in [9.17, 15) is 0 Å². The topological polar surface area (TPSA) is 28.4 Å². The molecule has 2 atom stereocenters. The molecule has 3 heteroatoms. The van der Waals surface area contributed by atoms with Crippen LogP contribution in [-0.4, -0.2) is 36.6 Å². The number of likely N-dealkylation sites (tertiary alicyclic amines) is 1. The van der Waals surface area contributed by atoms with Crippen LogP contribution in [0.15, 0.2) is 22.8 Å². The highest BCUT2D eigenvalue weighted by molar-refractivity contribution is 4.98. The van der Waals surface area contributed by atoms with Crippen LogP contribution in [0.3, 0.4) is 0 Å². The molecule has 1 aromatic rings. The lowest BCUT2D eigenvalue weighted by atomic mass is 10.1. The van der Waals surface area contributed by atoms with E-state index in [1.54, 1.807) is 6.26 Å². The predicted molar refractivity (Wildman–Crippen MR) is 77.2 cm³/mol. The molecule has 1 N–H and O–H groups in total. The molecule has 0 amide bonds. The highest BCUT2D eigenvalue weighted by Gasteiger charge is 2.28. The predicted octanol–water partition coefficient (Wildman–Crippen LogP) is 2.67. The van der Waals surface area contributed by atoms with Crippen molar-refractivity contribution in [3.05, 3.63) is 24.2 Å². The van der Waals surface area contributed by atoms with Gasteiger partial charge in [0.15, 0.2) is 0 Å². The molecule has 0 aromatic carbocycles. The van der Waals surface area contributed by atoms with Crippen LogP contribution in [0.1, 0.15) is 38.4 Å². The minimum absolute atomic E-state index is 0.677. The molecule has 0 bridgehead atoms. The molecule has 0 spiro atoms. The van der Waals surface area contributed by atoms with E-state index in [1.807, 2.05) is 6.07 Å². The minimum Gasteiger partial charge on any atom is -0.469 e. The fourth-order valence-corrected chi connectivity index (χ4v) is 3.04. The molecule has 2 unspecified atom stereocenters. The number of nitrogens with zero attached hydrogens (tertiary/aromatic N) is 1. The largest absolute Gasteiger partial charge is 0.469 e. The van der Waals surface area contributed by atoms with Gasteiger partial charge in [-0.05, 0) is 63.7 Å². The van der Waals surface area contributed by atoms with E-state index in [1.165, 1.54) is 45.3 Å². The first kappa shape index (κ1) is 13.2. The lowest BCUT2D eigenvalue weighted by Crippen LogP contribution is -2.33. The third kappa shape index (κ3) is 3.83. The van der Waals surface area contributed by atoms with Gasteiger partial charge in [0.1, 0.15) is 5.76 Å². The maximum atomic E-state index is 5.41. The summed E-state index contributed by atoms with van der Waals surface area (Å²) in [6.45, 7) is 6.14. The molecule has 1 aliphatic heterocycles. The van der Waals surface area contributed by atoms with Gasteiger partial charge in [-0.1, -0.05) is 0 Å². The third-order valence-electron chi connectivity index (χ3n) is 4.60. The summed E-state index contributed by atoms with van der Waals surface area (Å²) in [7, 11) is 0. The standard InChI is InChI=1S/C16H26N2O/c1-13(4-7-16-3-2-10-19-16)18-9-8-14(12-18)11-17-15-5-6-15/h2-3,10,13-15,17H,4-9,11-12H2,1H3. The van der Waals surface area contributed by atoms with E-state index >= 15 is 0 Å². The Morgan fingerprint density at radius 1 is 1.42 bits per heavy atom. The number of rotatable bonds is 7. The number of hydrogen-bond acceptors (Lipinski definition) is 3. The van der Waals surface area contributed by atoms with Gasteiger partial charge in [0.25, 0.3) is 0 Å². The number of aryl methyl sites for hydroxylation is 1. The van der Waals surface area contributed by atoms with E-state index in [0.29, 0.717) is 6.04 Å². The Balaban J connectivity index is 1.36. The lowest BCUT2D eigenvalue weighted by molar-refractivity contribution is 0.234. The molecule has 1 saturated heterocycles. The first-order chi connectivity index (χ1) is 9.31. The van der Waals surface area contributed by atoms with Gasteiger partial charge in [0, 0.05) is 25.0 Å². The van der Waals surface area contributed by atoms with Gasteiger partial charge in [-0.3, -0.25) is 0 Å². The summed E-state index contributed by atoms with van der Waals surface area (Å²) in [6, 6.07) is 5.59. The Bertz CT molecular complexity index is 372. The Kier molecular flexibility index (Phi) is 4.24. The number of hydrogen-bond donors (Lipinski definition) is 1. The van der Waals surface area contributed by atoms with Gasteiger partial charge in [-0.15, -0.1) is 0 Å². The van der Waals surface area contributed by atoms with Crippen LogP contribution in [0.5, 0.6) is 0 Å². The molecule has 2 aliphatic rings. The van der Waals surface area contributed by atoms with Crippen molar-refractivity contribution in [2.45, 2.75) is 51.1 Å². The van der Waals surface area contributed by atoms with Gasteiger partial charge in [-0.25, -0.2) is 0 Å². The molecule has 19 heavy (non-hydrogen) atoms. The van der Waals surface area contributed by atoms with Crippen LogP contribution in [0, 0.1) is 5.92 Å². The maximum absolute atomic E-state index is 5.41. The summed E-state index contributed by atoms with van der Waals surface area (Å²) in [5.74, 6) is 1.99. The third-order valence-corrected chi connectivity index (χ3v) is 4.60. The van der Waals surface area contributed by atoms with E-state index in [2.05, 4.69) is 23.2 Å². The smallest absolute Gasteiger partial charge is 0.103 e. The zero-order chi connectivity index (χ0) is 13.1. The summed E-state index contributed by atoms with van der Waals surface area (Å²) < 4.78 is 5.41. The summed E-state index contributed by atoms with van der Waals surface area (Å²) in [5.41, 5.74) is 0. The van der Waals surface area contributed by atoms with Crippen molar-refractivity contribution in [3.8, 4) is 0 Å². The molecule has 1 aromatic heterocycles. The Morgan fingerprint density at radius 2 is 2.32 bits per heavy atom. The van der Waals surface area contributed by atoms with Gasteiger partial charge < -0.3 is 14.6 Å². The Morgan fingerprint density at radius 3 is 3.05 bits per heavy atom. The monoisotopic (exact) mass is 262 g/mol. The lowest BCUT2D eigenvalue weighted by Gasteiger charge is -2.24. The van der Waals surface area contributed by atoms with Crippen LogP contribution < -0.4 is 5.32 Å².